The Morgan fingerprint density at radius 1 is 0.615 bits per heavy atom. The van der Waals surface area contributed by atoms with E-state index >= 15 is 0 Å². The van der Waals surface area contributed by atoms with Crippen LogP contribution in [0.2, 0.25) is 0 Å². The summed E-state index contributed by atoms with van der Waals surface area (Å²) in [6.07, 6.45) is 2.20. The maximum Gasteiger partial charge on any atom is 0.335 e. The summed E-state index contributed by atoms with van der Waals surface area (Å²) in [6.45, 7) is 7.05. The molecule has 0 amide bonds. The van der Waals surface area contributed by atoms with Crippen molar-refractivity contribution in [3.05, 3.63) is 110 Å². The minimum absolute atomic E-state index is 0.270. The zero-order valence-corrected chi connectivity index (χ0v) is 22.3. The van der Waals surface area contributed by atoms with Gasteiger partial charge in [0.2, 0.25) is 0 Å². The summed E-state index contributed by atoms with van der Waals surface area (Å²) in [4.78, 5) is 26.2. The Balaban J connectivity index is 1.98. The van der Waals surface area contributed by atoms with Crippen LogP contribution in [0.4, 0.5) is 0 Å². The summed E-state index contributed by atoms with van der Waals surface area (Å²) in [7, 11) is 3.03. The minimum atomic E-state index is -0.610. The monoisotopic (exact) mass is 538 g/mol. The van der Waals surface area contributed by atoms with Crippen molar-refractivity contribution in [3.63, 3.8) is 0 Å². The highest BCUT2D eigenvalue weighted by Crippen LogP contribution is 2.51. The van der Waals surface area contributed by atoms with E-state index in [0.717, 1.165) is 33.1 Å². The maximum absolute atomic E-state index is 12.3. The van der Waals surface area contributed by atoms with Gasteiger partial charge in [0, 0.05) is 33.1 Å². The number of methoxy groups -OCH3 is 2. The van der Waals surface area contributed by atoms with E-state index in [4.69, 9.17) is 18.9 Å². The van der Waals surface area contributed by atoms with Crippen molar-refractivity contribution in [2.75, 3.05) is 14.2 Å². The summed E-state index contributed by atoms with van der Waals surface area (Å²) in [5, 5.41) is 0. The van der Waals surface area contributed by atoms with E-state index in [1.807, 2.05) is 72.8 Å². The molecule has 0 aromatic heterocycles. The van der Waals surface area contributed by atoms with Crippen molar-refractivity contribution in [3.8, 4) is 45.3 Å². The van der Waals surface area contributed by atoms with E-state index in [1.165, 1.54) is 26.0 Å². The highest BCUT2D eigenvalue weighted by Gasteiger charge is 2.24. The van der Waals surface area contributed by atoms with Crippen LogP contribution in [0.15, 0.2) is 120 Å². The molecule has 7 heteroatoms. The van der Waals surface area contributed by atoms with Gasteiger partial charge in [-0.05, 0) is 35.4 Å². The first kappa shape index (κ1) is 27.3. The van der Waals surface area contributed by atoms with Gasteiger partial charge in [0.25, 0.3) is 0 Å². The van der Waals surface area contributed by atoms with Crippen molar-refractivity contribution in [2.45, 2.75) is 9.79 Å². The third-order valence-electron chi connectivity index (χ3n) is 5.69. The number of hydrogen-bond donors (Lipinski definition) is 0. The van der Waals surface area contributed by atoms with Crippen LogP contribution >= 0.6 is 11.8 Å². The average Bonchev–Trinajstić information content (AvgIpc) is 2.98. The van der Waals surface area contributed by atoms with Gasteiger partial charge in [0.1, 0.15) is 0 Å². The Bertz CT molecular complexity index is 1400. The van der Waals surface area contributed by atoms with Crippen LogP contribution < -0.4 is 18.9 Å². The van der Waals surface area contributed by atoms with Gasteiger partial charge in [-0.3, -0.25) is 0 Å². The first-order chi connectivity index (χ1) is 19.0. The van der Waals surface area contributed by atoms with Crippen molar-refractivity contribution < 1.29 is 28.5 Å². The third kappa shape index (κ3) is 6.05. The fraction of sp³-hybridized carbons (Fsp3) is 0.0625. The second-order valence-corrected chi connectivity index (χ2v) is 9.11. The lowest BCUT2D eigenvalue weighted by molar-refractivity contribution is -0.129. The molecule has 0 N–H and O–H groups in total. The largest absolute Gasteiger partial charge is 0.493 e. The van der Waals surface area contributed by atoms with Crippen molar-refractivity contribution in [1.29, 1.82) is 0 Å². The second-order valence-electron chi connectivity index (χ2n) is 8.02. The maximum atomic E-state index is 12.3. The van der Waals surface area contributed by atoms with Crippen molar-refractivity contribution >= 4 is 23.7 Å². The predicted octanol–water partition coefficient (Wildman–Crippen LogP) is 7.37. The van der Waals surface area contributed by atoms with Crippen LogP contribution in [0, 0.1) is 0 Å². The Morgan fingerprint density at radius 3 is 1.33 bits per heavy atom. The average molecular weight is 539 g/mol. The Hall–Kier alpha value is -4.75. The molecule has 196 valence electrons. The van der Waals surface area contributed by atoms with E-state index in [0.29, 0.717) is 22.6 Å². The van der Waals surface area contributed by atoms with Crippen LogP contribution in [-0.2, 0) is 9.59 Å². The molecule has 0 radical (unpaired) electrons. The number of carbonyl (C=O) groups excluding carboxylic acids is 2. The lowest BCUT2D eigenvalue weighted by atomic mass is 10.0. The van der Waals surface area contributed by atoms with Crippen LogP contribution in [0.5, 0.6) is 23.0 Å². The summed E-state index contributed by atoms with van der Waals surface area (Å²) in [6, 6.07) is 26.4. The summed E-state index contributed by atoms with van der Waals surface area (Å²) >= 11 is 1.42. The molecule has 0 saturated carbocycles. The van der Waals surface area contributed by atoms with Crippen molar-refractivity contribution in [1.82, 2.24) is 0 Å². The SMILES string of the molecule is C=CC(=O)Oc1c(OC)ccc(Sc2ccc(OC)c(OC(=O)C=C)c2-c2ccccc2)c1-c1ccccc1. The molecule has 4 aromatic carbocycles. The zero-order chi connectivity index (χ0) is 27.8. The highest BCUT2D eigenvalue weighted by atomic mass is 32.2. The molecule has 6 nitrogen and oxygen atoms in total. The van der Waals surface area contributed by atoms with Gasteiger partial charge in [-0.1, -0.05) is 85.6 Å². The van der Waals surface area contributed by atoms with E-state index in [2.05, 4.69) is 13.2 Å². The third-order valence-corrected chi connectivity index (χ3v) is 6.81. The standard InChI is InChI=1S/C32H26O6S/c1-5-27(33)37-31-23(35-3)17-19-25(29(31)21-13-9-7-10-14-21)39-26-20-18-24(36-4)32(38-28(34)6-2)30(26)22-15-11-8-12-16-22/h5-20H,1-2H2,3-4H3. The fourth-order valence-electron chi connectivity index (χ4n) is 3.94. The molecule has 0 aliphatic rings. The van der Waals surface area contributed by atoms with E-state index in [1.54, 1.807) is 12.1 Å². The van der Waals surface area contributed by atoms with E-state index in [9.17, 15) is 9.59 Å². The molecule has 0 heterocycles. The highest BCUT2D eigenvalue weighted by molar-refractivity contribution is 7.99. The van der Waals surface area contributed by atoms with Gasteiger partial charge in [-0.2, -0.15) is 0 Å². The lowest BCUT2D eigenvalue weighted by Crippen LogP contribution is -2.07. The fourth-order valence-corrected chi connectivity index (χ4v) is 5.08. The minimum Gasteiger partial charge on any atom is -0.493 e. The zero-order valence-electron chi connectivity index (χ0n) is 21.5. The molecule has 0 spiro atoms. The van der Waals surface area contributed by atoms with Crippen LogP contribution in [-0.4, -0.2) is 26.2 Å². The van der Waals surface area contributed by atoms with E-state index < -0.39 is 11.9 Å². The Kier molecular flexibility index (Phi) is 8.86. The molecular weight excluding hydrogens is 512 g/mol. The van der Waals surface area contributed by atoms with Gasteiger partial charge in [-0.25, -0.2) is 9.59 Å². The molecule has 0 atom stereocenters. The molecule has 0 unspecified atom stereocenters. The summed E-state index contributed by atoms with van der Waals surface area (Å²) in [5.41, 5.74) is 2.96. The molecule has 4 aromatic rings. The van der Waals surface area contributed by atoms with Crippen LogP contribution in [0.3, 0.4) is 0 Å². The van der Waals surface area contributed by atoms with Gasteiger partial charge in [-0.15, -0.1) is 0 Å². The normalized spacial score (nSPS) is 10.3. The molecule has 0 saturated heterocycles. The second kappa shape index (κ2) is 12.7. The first-order valence-electron chi connectivity index (χ1n) is 11.9. The first-order valence-corrected chi connectivity index (χ1v) is 12.7. The van der Waals surface area contributed by atoms with Crippen LogP contribution in [0.1, 0.15) is 0 Å². The Morgan fingerprint density at radius 2 is 1.00 bits per heavy atom. The summed E-state index contributed by atoms with van der Waals surface area (Å²) < 4.78 is 22.5. The van der Waals surface area contributed by atoms with Gasteiger partial charge < -0.3 is 18.9 Å². The molecule has 4 rings (SSSR count). The van der Waals surface area contributed by atoms with E-state index in [-0.39, 0.29) is 11.5 Å². The van der Waals surface area contributed by atoms with Crippen LogP contribution in [0.25, 0.3) is 22.3 Å². The quantitative estimate of drug-likeness (QED) is 0.119. The molecule has 0 aliphatic carbocycles. The molecule has 0 fully saturated rings. The number of hydrogen-bond acceptors (Lipinski definition) is 7. The number of carbonyl (C=O) groups is 2. The Labute approximate surface area is 231 Å². The summed E-state index contributed by atoms with van der Waals surface area (Å²) in [5.74, 6) is 0.110. The smallest absolute Gasteiger partial charge is 0.335 e. The lowest BCUT2D eigenvalue weighted by Gasteiger charge is -2.20. The topological polar surface area (TPSA) is 71.1 Å². The number of ether oxygens (including phenoxy) is 4. The number of rotatable bonds is 10. The van der Waals surface area contributed by atoms with Gasteiger partial charge >= 0.3 is 11.9 Å². The molecule has 0 bridgehead atoms. The molecule has 0 aliphatic heterocycles. The molecule has 39 heavy (non-hydrogen) atoms. The van der Waals surface area contributed by atoms with Gasteiger partial charge in [0.15, 0.2) is 23.0 Å². The number of benzene rings is 4. The van der Waals surface area contributed by atoms with Crippen molar-refractivity contribution in [2.24, 2.45) is 0 Å². The number of esters is 2. The molecular formula is C32H26O6S. The predicted molar refractivity (Wildman–Crippen MR) is 153 cm³/mol. The van der Waals surface area contributed by atoms with Gasteiger partial charge in [0.05, 0.1) is 14.2 Å².